The molecule has 0 unspecified atom stereocenters. The van der Waals surface area contributed by atoms with Gasteiger partial charge >= 0.3 is 6.18 Å². The normalized spacial score (nSPS) is 13.9. The molecule has 1 aliphatic heterocycles. The highest BCUT2D eigenvalue weighted by atomic mass is 19.4. The number of nitrogens with one attached hydrogen (secondary N) is 3. The minimum atomic E-state index is -4.69. The highest BCUT2D eigenvalue weighted by Crippen LogP contribution is 2.36. The van der Waals surface area contributed by atoms with Crippen molar-refractivity contribution in [3.8, 4) is 11.4 Å². The third-order valence-corrected chi connectivity index (χ3v) is 6.49. The zero-order valence-electron chi connectivity index (χ0n) is 22.6. The van der Waals surface area contributed by atoms with Gasteiger partial charge in [-0.15, -0.1) is 0 Å². The second-order valence-corrected chi connectivity index (χ2v) is 9.49. The van der Waals surface area contributed by atoms with E-state index in [1.165, 1.54) is 13.1 Å². The zero-order chi connectivity index (χ0) is 30.3. The number of piperazine rings is 1. The Balaban J connectivity index is 1.34. The number of benzene rings is 2. The fourth-order valence-electron chi connectivity index (χ4n) is 4.47. The minimum absolute atomic E-state index is 0.0313. The molecular formula is C27H29F3N8O4. The van der Waals surface area contributed by atoms with Crippen LogP contribution in [0.1, 0.15) is 12.5 Å². The maximum absolute atomic E-state index is 13.0. The van der Waals surface area contributed by atoms with Gasteiger partial charge in [-0.05, 0) is 30.3 Å². The lowest BCUT2D eigenvalue weighted by molar-refractivity contribution is -0.384. The number of anilines is 3. The summed E-state index contributed by atoms with van der Waals surface area (Å²) in [6.45, 7) is 3.74. The molecule has 1 fully saturated rings. The van der Waals surface area contributed by atoms with E-state index in [9.17, 15) is 32.9 Å². The van der Waals surface area contributed by atoms with Crippen LogP contribution in [0.25, 0.3) is 11.4 Å². The second-order valence-electron chi connectivity index (χ2n) is 9.49. The van der Waals surface area contributed by atoms with E-state index in [4.69, 9.17) is 0 Å². The van der Waals surface area contributed by atoms with Gasteiger partial charge in [0.2, 0.25) is 11.8 Å². The quantitative estimate of drug-likeness (QED) is 0.185. The number of aromatic nitrogens is 2. The fraction of sp³-hybridized carbons (Fsp3) is 0.333. The van der Waals surface area contributed by atoms with Crippen LogP contribution in [0.2, 0.25) is 0 Å². The molecule has 4 rings (SSSR count). The van der Waals surface area contributed by atoms with Crippen molar-refractivity contribution in [2.45, 2.75) is 13.1 Å². The molecule has 1 aliphatic rings. The number of nitrogens with zero attached hydrogens (tertiary/aromatic N) is 5. The Hall–Kier alpha value is -4.79. The van der Waals surface area contributed by atoms with Gasteiger partial charge in [-0.2, -0.15) is 13.2 Å². The SMILES string of the molecule is CC(=O)NCCNc1ccccc1-c1nccc(NC(=O)CN2CCN(c3ccc(C(F)(F)F)cc3[N+](=O)[O-])CC2)n1. The van der Waals surface area contributed by atoms with Gasteiger partial charge in [-0.1, -0.05) is 12.1 Å². The van der Waals surface area contributed by atoms with E-state index >= 15 is 0 Å². The molecule has 3 aromatic rings. The first kappa shape index (κ1) is 30.2. The maximum Gasteiger partial charge on any atom is 0.416 e. The summed E-state index contributed by atoms with van der Waals surface area (Å²) in [6.07, 6.45) is -3.16. The number of nitro groups is 1. The van der Waals surface area contributed by atoms with Crippen LogP contribution in [0.3, 0.4) is 0 Å². The molecular weight excluding hydrogens is 557 g/mol. The van der Waals surface area contributed by atoms with Crippen LogP contribution < -0.4 is 20.9 Å². The summed E-state index contributed by atoms with van der Waals surface area (Å²) < 4.78 is 39.1. The Kier molecular flexibility index (Phi) is 9.52. The molecule has 0 aliphatic carbocycles. The van der Waals surface area contributed by atoms with Crippen LogP contribution in [0, 0.1) is 10.1 Å². The number of halogens is 3. The number of amides is 2. The smallest absolute Gasteiger partial charge is 0.383 e. The Morgan fingerprint density at radius 2 is 1.79 bits per heavy atom. The molecule has 2 amide bonds. The summed E-state index contributed by atoms with van der Waals surface area (Å²) in [5, 5.41) is 20.2. The van der Waals surface area contributed by atoms with E-state index in [0.29, 0.717) is 62.5 Å². The summed E-state index contributed by atoms with van der Waals surface area (Å²) in [7, 11) is 0. The van der Waals surface area contributed by atoms with Gasteiger partial charge in [0.05, 0.1) is 17.0 Å². The van der Waals surface area contributed by atoms with Crippen molar-refractivity contribution in [1.82, 2.24) is 20.2 Å². The third kappa shape index (κ3) is 7.90. The number of hydrogen-bond acceptors (Lipinski definition) is 9. The average molecular weight is 587 g/mol. The lowest BCUT2D eigenvalue weighted by Crippen LogP contribution is -2.48. The summed E-state index contributed by atoms with van der Waals surface area (Å²) in [5.41, 5.74) is -0.110. The van der Waals surface area contributed by atoms with Crippen molar-refractivity contribution in [2.75, 3.05) is 61.3 Å². The Morgan fingerprint density at radius 1 is 1.05 bits per heavy atom. The topological polar surface area (TPSA) is 146 Å². The summed E-state index contributed by atoms with van der Waals surface area (Å²) >= 11 is 0. The maximum atomic E-state index is 13.0. The molecule has 12 nitrogen and oxygen atoms in total. The highest BCUT2D eigenvalue weighted by Gasteiger charge is 2.34. The molecule has 0 radical (unpaired) electrons. The first-order valence-corrected chi connectivity index (χ1v) is 13.0. The van der Waals surface area contributed by atoms with E-state index in [-0.39, 0.29) is 24.0 Å². The lowest BCUT2D eigenvalue weighted by Gasteiger charge is -2.35. The van der Waals surface area contributed by atoms with Crippen molar-refractivity contribution >= 4 is 34.7 Å². The number of para-hydroxylation sites is 1. The van der Waals surface area contributed by atoms with Crippen molar-refractivity contribution in [2.24, 2.45) is 0 Å². The number of hydrogen-bond donors (Lipinski definition) is 3. The van der Waals surface area contributed by atoms with E-state index in [2.05, 4.69) is 25.9 Å². The average Bonchev–Trinajstić information content (AvgIpc) is 2.95. The number of rotatable bonds is 10. The monoisotopic (exact) mass is 586 g/mol. The van der Waals surface area contributed by atoms with Gasteiger partial charge < -0.3 is 20.9 Å². The molecule has 1 saturated heterocycles. The predicted octanol–water partition coefficient (Wildman–Crippen LogP) is 3.38. The molecule has 0 spiro atoms. The summed E-state index contributed by atoms with van der Waals surface area (Å²) in [5.74, 6) is 0.247. The van der Waals surface area contributed by atoms with Crippen LogP contribution in [-0.2, 0) is 15.8 Å². The molecule has 1 aromatic heterocycles. The molecule has 3 N–H and O–H groups in total. The summed E-state index contributed by atoms with van der Waals surface area (Å²) in [6, 6.07) is 11.4. The van der Waals surface area contributed by atoms with Gasteiger partial charge in [-0.25, -0.2) is 9.97 Å². The molecule has 2 heterocycles. The molecule has 0 saturated carbocycles. The van der Waals surface area contributed by atoms with Gasteiger partial charge in [0.1, 0.15) is 11.5 Å². The van der Waals surface area contributed by atoms with Crippen molar-refractivity contribution in [3.05, 3.63) is 70.4 Å². The van der Waals surface area contributed by atoms with Gasteiger partial charge in [0, 0.05) is 69.7 Å². The van der Waals surface area contributed by atoms with Crippen LogP contribution in [0.4, 0.5) is 36.1 Å². The number of alkyl halides is 3. The van der Waals surface area contributed by atoms with Crippen LogP contribution in [-0.4, -0.2) is 77.4 Å². The minimum Gasteiger partial charge on any atom is -0.383 e. The largest absolute Gasteiger partial charge is 0.416 e. The van der Waals surface area contributed by atoms with E-state index in [0.717, 1.165) is 17.8 Å². The highest BCUT2D eigenvalue weighted by molar-refractivity contribution is 5.91. The summed E-state index contributed by atoms with van der Waals surface area (Å²) in [4.78, 5) is 46.8. The third-order valence-electron chi connectivity index (χ3n) is 6.49. The molecule has 222 valence electrons. The van der Waals surface area contributed by atoms with Gasteiger partial charge in [0.15, 0.2) is 5.82 Å². The predicted molar refractivity (Wildman–Crippen MR) is 150 cm³/mol. The Bertz CT molecular complexity index is 1440. The molecule has 0 atom stereocenters. The number of carbonyl (C=O) groups is 2. The van der Waals surface area contributed by atoms with E-state index in [1.54, 1.807) is 11.0 Å². The standard InChI is InChI=1S/C27H29F3N8O4/c1-18(39)31-10-11-32-21-5-3-2-4-20(21)26-33-9-8-24(35-26)34-25(40)17-36-12-14-37(15-13-36)22-7-6-19(27(28,29)30)16-23(22)38(41)42/h2-9,16,32H,10-15,17H2,1H3,(H,31,39)(H,33,34,35,40). The van der Waals surface area contributed by atoms with Crippen LogP contribution in [0.15, 0.2) is 54.7 Å². The Morgan fingerprint density at radius 3 is 2.48 bits per heavy atom. The number of nitro benzene ring substituents is 1. The Labute approximate surface area is 239 Å². The van der Waals surface area contributed by atoms with Gasteiger partial charge in [0.25, 0.3) is 5.69 Å². The molecule has 15 heteroatoms. The van der Waals surface area contributed by atoms with Crippen LogP contribution >= 0.6 is 0 Å². The zero-order valence-corrected chi connectivity index (χ0v) is 22.6. The van der Waals surface area contributed by atoms with Crippen molar-refractivity contribution in [3.63, 3.8) is 0 Å². The van der Waals surface area contributed by atoms with E-state index in [1.807, 2.05) is 29.2 Å². The van der Waals surface area contributed by atoms with Crippen molar-refractivity contribution < 1.29 is 27.7 Å². The molecule has 42 heavy (non-hydrogen) atoms. The second kappa shape index (κ2) is 13.2. The van der Waals surface area contributed by atoms with E-state index < -0.39 is 22.4 Å². The molecule has 0 bridgehead atoms. The first-order valence-electron chi connectivity index (χ1n) is 13.0. The van der Waals surface area contributed by atoms with Gasteiger partial charge in [-0.3, -0.25) is 24.6 Å². The first-order chi connectivity index (χ1) is 20.0. The number of carbonyl (C=O) groups excluding carboxylic acids is 2. The van der Waals surface area contributed by atoms with Crippen LogP contribution in [0.5, 0.6) is 0 Å². The lowest BCUT2D eigenvalue weighted by atomic mass is 10.1. The molecule has 2 aromatic carbocycles. The fourth-order valence-corrected chi connectivity index (χ4v) is 4.47. The van der Waals surface area contributed by atoms with Crippen molar-refractivity contribution in [1.29, 1.82) is 0 Å².